The van der Waals surface area contributed by atoms with Crippen molar-refractivity contribution >= 4 is 33.1 Å². The molecule has 2 heterocycles. The van der Waals surface area contributed by atoms with Crippen molar-refractivity contribution in [3.8, 4) is 0 Å². The van der Waals surface area contributed by atoms with Crippen molar-refractivity contribution in [3.63, 3.8) is 0 Å². The van der Waals surface area contributed by atoms with Crippen LogP contribution in [0.1, 0.15) is 10.4 Å². The predicted molar refractivity (Wildman–Crippen MR) is 84.5 cm³/mol. The van der Waals surface area contributed by atoms with E-state index in [4.69, 9.17) is 5.73 Å². The van der Waals surface area contributed by atoms with E-state index in [0.717, 1.165) is 27.3 Å². The van der Waals surface area contributed by atoms with Crippen molar-refractivity contribution in [2.45, 2.75) is 13.5 Å². The number of anilines is 2. The van der Waals surface area contributed by atoms with Crippen LogP contribution in [0.5, 0.6) is 0 Å². The van der Waals surface area contributed by atoms with Gasteiger partial charge >= 0.3 is 0 Å². The van der Waals surface area contributed by atoms with Crippen molar-refractivity contribution < 1.29 is 0 Å². The molecule has 0 radical (unpaired) electrons. The van der Waals surface area contributed by atoms with Crippen LogP contribution in [-0.2, 0) is 6.54 Å². The molecule has 20 heavy (non-hydrogen) atoms. The van der Waals surface area contributed by atoms with Crippen LogP contribution in [0.3, 0.4) is 0 Å². The van der Waals surface area contributed by atoms with Gasteiger partial charge in [-0.15, -0.1) is 11.3 Å². The third kappa shape index (κ3) is 2.26. The van der Waals surface area contributed by atoms with Gasteiger partial charge in [-0.25, -0.2) is 9.97 Å². The molecule has 0 unspecified atom stereocenters. The van der Waals surface area contributed by atoms with Crippen molar-refractivity contribution in [3.05, 3.63) is 47.1 Å². The van der Waals surface area contributed by atoms with E-state index in [-0.39, 0.29) is 0 Å². The summed E-state index contributed by atoms with van der Waals surface area (Å²) in [7, 11) is 2.02. The van der Waals surface area contributed by atoms with Crippen LogP contribution in [0, 0.1) is 6.92 Å². The van der Waals surface area contributed by atoms with Crippen LogP contribution < -0.4 is 10.6 Å². The van der Waals surface area contributed by atoms with Crippen molar-refractivity contribution in [1.29, 1.82) is 0 Å². The van der Waals surface area contributed by atoms with Gasteiger partial charge < -0.3 is 10.6 Å². The Morgan fingerprint density at radius 3 is 2.65 bits per heavy atom. The zero-order valence-electron chi connectivity index (χ0n) is 11.5. The van der Waals surface area contributed by atoms with E-state index in [1.165, 1.54) is 4.88 Å². The number of benzene rings is 1. The molecule has 0 saturated heterocycles. The Hall–Kier alpha value is -1.98. The number of hydrogen-bond donors (Lipinski definition) is 1. The smallest absolute Gasteiger partial charge is 0.144 e. The number of thiophene rings is 1. The zero-order valence-corrected chi connectivity index (χ0v) is 12.3. The van der Waals surface area contributed by atoms with Gasteiger partial charge in [0, 0.05) is 24.2 Å². The average Bonchev–Trinajstić information content (AvgIpc) is 2.86. The number of rotatable bonds is 3. The first-order chi connectivity index (χ1) is 9.69. The van der Waals surface area contributed by atoms with Gasteiger partial charge in [0.05, 0.1) is 5.39 Å². The first kappa shape index (κ1) is 13.0. The standard InChI is InChI=1S/C15H16N4S/c1-10-7-13-14(17-9-18-15(13)20-10)19(2)12-5-3-11(8-16)4-6-12/h3-7,9H,8,16H2,1-2H3. The number of aromatic nitrogens is 2. The fraction of sp³-hybridized carbons (Fsp3) is 0.200. The van der Waals surface area contributed by atoms with Gasteiger partial charge in [-0.1, -0.05) is 12.1 Å². The molecule has 5 heteroatoms. The van der Waals surface area contributed by atoms with E-state index in [9.17, 15) is 0 Å². The molecule has 0 aliphatic carbocycles. The molecule has 2 aromatic heterocycles. The van der Waals surface area contributed by atoms with Gasteiger partial charge in [-0.05, 0) is 30.7 Å². The minimum Gasteiger partial charge on any atom is -0.329 e. The quantitative estimate of drug-likeness (QED) is 0.802. The first-order valence-corrected chi connectivity index (χ1v) is 7.24. The summed E-state index contributed by atoms with van der Waals surface area (Å²) in [6.07, 6.45) is 1.62. The van der Waals surface area contributed by atoms with Crippen LogP contribution >= 0.6 is 11.3 Å². The largest absolute Gasteiger partial charge is 0.329 e. The lowest BCUT2D eigenvalue weighted by atomic mass is 10.2. The van der Waals surface area contributed by atoms with Gasteiger partial charge in [0.25, 0.3) is 0 Å². The summed E-state index contributed by atoms with van der Waals surface area (Å²) < 4.78 is 0. The molecule has 4 nitrogen and oxygen atoms in total. The van der Waals surface area contributed by atoms with Gasteiger partial charge in [0.15, 0.2) is 0 Å². The summed E-state index contributed by atoms with van der Waals surface area (Å²) in [6, 6.07) is 10.4. The molecule has 1 aromatic carbocycles. The molecule has 0 atom stereocenters. The Morgan fingerprint density at radius 2 is 1.95 bits per heavy atom. The highest BCUT2D eigenvalue weighted by atomic mass is 32.1. The highest BCUT2D eigenvalue weighted by Gasteiger charge is 2.12. The fourth-order valence-corrected chi connectivity index (χ4v) is 3.05. The molecular formula is C15H16N4S. The Kier molecular flexibility index (Phi) is 3.38. The number of hydrogen-bond acceptors (Lipinski definition) is 5. The molecule has 0 aliphatic rings. The highest BCUT2D eigenvalue weighted by Crippen LogP contribution is 2.32. The van der Waals surface area contributed by atoms with E-state index in [0.29, 0.717) is 6.54 Å². The Bertz CT molecular complexity index is 733. The lowest BCUT2D eigenvalue weighted by Crippen LogP contribution is -2.11. The van der Waals surface area contributed by atoms with Gasteiger partial charge in [0.1, 0.15) is 17.0 Å². The first-order valence-electron chi connectivity index (χ1n) is 6.43. The number of fused-ring (bicyclic) bond motifs is 1. The zero-order chi connectivity index (χ0) is 14.1. The van der Waals surface area contributed by atoms with E-state index < -0.39 is 0 Å². The van der Waals surface area contributed by atoms with Gasteiger partial charge in [-0.2, -0.15) is 0 Å². The molecule has 0 spiro atoms. The molecule has 0 bridgehead atoms. The lowest BCUT2D eigenvalue weighted by molar-refractivity contribution is 1.06. The summed E-state index contributed by atoms with van der Waals surface area (Å²) in [5.74, 6) is 0.930. The maximum atomic E-state index is 5.63. The molecule has 2 N–H and O–H groups in total. The second-order valence-electron chi connectivity index (χ2n) is 4.70. The van der Waals surface area contributed by atoms with E-state index in [2.05, 4.69) is 40.0 Å². The molecular weight excluding hydrogens is 268 g/mol. The normalized spacial score (nSPS) is 10.9. The Morgan fingerprint density at radius 1 is 1.20 bits per heavy atom. The fourth-order valence-electron chi connectivity index (χ4n) is 2.21. The molecule has 3 aromatic rings. The summed E-state index contributed by atoms with van der Waals surface area (Å²) >= 11 is 1.69. The Balaban J connectivity index is 2.04. The predicted octanol–water partition coefficient (Wildman–Crippen LogP) is 3.23. The average molecular weight is 284 g/mol. The van der Waals surface area contributed by atoms with E-state index in [1.54, 1.807) is 17.7 Å². The van der Waals surface area contributed by atoms with Crippen LogP contribution in [0.15, 0.2) is 36.7 Å². The maximum absolute atomic E-state index is 5.63. The second-order valence-corrected chi connectivity index (χ2v) is 5.94. The summed E-state index contributed by atoms with van der Waals surface area (Å²) in [6.45, 7) is 2.65. The third-order valence-corrected chi connectivity index (χ3v) is 4.27. The van der Waals surface area contributed by atoms with Crippen LogP contribution in [-0.4, -0.2) is 17.0 Å². The molecule has 0 amide bonds. The van der Waals surface area contributed by atoms with Crippen molar-refractivity contribution in [2.75, 3.05) is 11.9 Å². The Labute approximate surface area is 121 Å². The topological polar surface area (TPSA) is 55.0 Å². The molecule has 0 saturated carbocycles. The lowest BCUT2D eigenvalue weighted by Gasteiger charge is -2.19. The van der Waals surface area contributed by atoms with Gasteiger partial charge in [0.2, 0.25) is 0 Å². The maximum Gasteiger partial charge on any atom is 0.144 e. The van der Waals surface area contributed by atoms with Crippen LogP contribution in [0.4, 0.5) is 11.5 Å². The molecule has 3 rings (SSSR count). The SMILES string of the molecule is Cc1cc2c(N(C)c3ccc(CN)cc3)ncnc2s1. The second kappa shape index (κ2) is 5.19. The number of nitrogens with zero attached hydrogens (tertiary/aromatic N) is 3. The minimum atomic E-state index is 0.561. The summed E-state index contributed by atoms with van der Waals surface area (Å²) in [5, 5.41) is 1.10. The van der Waals surface area contributed by atoms with Gasteiger partial charge in [-0.3, -0.25) is 0 Å². The molecule has 0 aliphatic heterocycles. The molecule has 102 valence electrons. The van der Waals surface area contributed by atoms with E-state index in [1.807, 2.05) is 19.2 Å². The monoisotopic (exact) mass is 284 g/mol. The molecule has 0 fully saturated rings. The van der Waals surface area contributed by atoms with Crippen molar-refractivity contribution in [2.24, 2.45) is 5.73 Å². The highest BCUT2D eigenvalue weighted by molar-refractivity contribution is 7.18. The van der Waals surface area contributed by atoms with Crippen molar-refractivity contribution in [1.82, 2.24) is 9.97 Å². The number of aryl methyl sites for hydroxylation is 1. The van der Waals surface area contributed by atoms with Crippen LogP contribution in [0.25, 0.3) is 10.2 Å². The minimum absolute atomic E-state index is 0.561. The van der Waals surface area contributed by atoms with E-state index >= 15 is 0 Å². The third-order valence-electron chi connectivity index (χ3n) is 3.31. The summed E-state index contributed by atoms with van der Waals surface area (Å²) in [4.78, 5) is 13.1. The number of nitrogens with two attached hydrogens (primary N) is 1. The summed E-state index contributed by atoms with van der Waals surface area (Å²) in [5.41, 5.74) is 7.85. The van der Waals surface area contributed by atoms with Crippen LogP contribution in [0.2, 0.25) is 0 Å².